The molecule has 4 heterocycles. The predicted octanol–water partition coefficient (Wildman–Crippen LogP) is 2.65. The lowest BCUT2D eigenvalue weighted by Gasteiger charge is -2.25. The summed E-state index contributed by atoms with van der Waals surface area (Å²) < 4.78 is 7.18. The molecular weight excluding hydrogens is 318 g/mol. The third kappa shape index (κ3) is 2.79. The molecule has 7 heteroatoms. The van der Waals surface area contributed by atoms with Crippen LogP contribution in [0.1, 0.15) is 40.2 Å². The van der Waals surface area contributed by atoms with Gasteiger partial charge in [-0.05, 0) is 45.2 Å². The summed E-state index contributed by atoms with van der Waals surface area (Å²) in [5.74, 6) is 0.0215. The number of likely N-dealkylation sites (tertiary alicyclic amines) is 1. The monoisotopic (exact) mass is 339 g/mol. The highest BCUT2D eigenvalue weighted by atomic mass is 16.5. The number of pyridine rings is 1. The van der Waals surface area contributed by atoms with Gasteiger partial charge in [-0.15, -0.1) is 0 Å². The van der Waals surface area contributed by atoms with Crippen LogP contribution in [-0.2, 0) is 6.54 Å². The summed E-state index contributed by atoms with van der Waals surface area (Å²) in [6.45, 7) is 7.20. The number of carbonyl (C=O) groups excluding carboxylic acids is 1. The Balaban J connectivity index is 1.67. The van der Waals surface area contributed by atoms with Crippen molar-refractivity contribution in [2.75, 3.05) is 6.54 Å². The highest BCUT2D eigenvalue weighted by Gasteiger charge is 2.31. The zero-order chi connectivity index (χ0) is 17.6. The molecule has 0 spiro atoms. The second-order valence-electron chi connectivity index (χ2n) is 6.79. The van der Waals surface area contributed by atoms with Gasteiger partial charge in [0, 0.05) is 18.4 Å². The van der Waals surface area contributed by atoms with Crippen LogP contribution in [0.2, 0.25) is 0 Å². The molecule has 0 aromatic carbocycles. The number of aromatic nitrogens is 4. The first-order valence-electron chi connectivity index (χ1n) is 8.56. The lowest BCUT2D eigenvalue weighted by atomic mass is 10.1. The van der Waals surface area contributed by atoms with Crippen molar-refractivity contribution in [3.05, 3.63) is 41.0 Å². The van der Waals surface area contributed by atoms with Crippen molar-refractivity contribution in [3.8, 4) is 0 Å². The Kier molecular flexibility index (Phi) is 3.78. The number of nitrogens with zero attached hydrogens (tertiary/aromatic N) is 5. The van der Waals surface area contributed by atoms with Crippen molar-refractivity contribution in [1.29, 1.82) is 0 Å². The molecule has 4 rings (SSSR count). The number of fused-ring (bicyclic) bond motifs is 1. The van der Waals surface area contributed by atoms with Crippen LogP contribution < -0.4 is 0 Å². The molecule has 1 fully saturated rings. The highest BCUT2D eigenvalue weighted by molar-refractivity contribution is 6.06. The van der Waals surface area contributed by atoms with Crippen molar-refractivity contribution in [3.63, 3.8) is 0 Å². The van der Waals surface area contributed by atoms with Gasteiger partial charge in [0.1, 0.15) is 0 Å². The minimum Gasteiger partial charge on any atom is -0.336 e. The molecule has 0 bridgehead atoms. The van der Waals surface area contributed by atoms with Gasteiger partial charge in [0.25, 0.3) is 11.6 Å². The summed E-state index contributed by atoms with van der Waals surface area (Å²) in [7, 11) is 0. The smallest absolute Gasteiger partial charge is 0.258 e. The van der Waals surface area contributed by atoms with E-state index in [4.69, 9.17) is 4.52 Å². The maximum absolute atomic E-state index is 13.3. The van der Waals surface area contributed by atoms with Crippen molar-refractivity contribution in [1.82, 2.24) is 24.8 Å². The van der Waals surface area contributed by atoms with E-state index >= 15 is 0 Å². The molecule has 1 saturated heterocycles. The summed E-state index contributed by atoms with van der Waals surface area (Å²) in [4.78, 5) is 19.6. The zero-order valence-corrected chi connectivity index (χ0v) is 14.7. The minimum absolute atomic E-state index is 0.0215. The molecule has 0 radical (unpaired) electrons. The summed E-state index contributed by atoms with van der Waals surface area (Å²) >= 11 is 0. The van der Waals surface area contributed by atoms with Crippen LogP contribution >= 0.6 is 0 Å². The zero-order valence-electron chi connectivity index (χ0n) is 14.7. The van der Waals surface area contributed by atoms with Gasteiger partial charge < -0.3 is 9.42 Å². The summed E-state index contributed by atoms with van der Waals surface area (Å²) in [6.07, 6.45) is 5.85. The Morgan fingerprint density at radius 3 is 2.96 bits per heavy atom. The number of hydrogen-bond donors (Lipinski definition) is 0. The van der Waals surface area contributed by atoms with Gasteiger partial charge in [-0.2, -0.15) is 5.10 Å². The number of amides is 1. The average Bonchev–Trinajstić information content (AvgIpc) is 3.28. The molecule has 25 heavy (non-hydrogen) atoms. The maximum Gasteiger partial charge on any atom is 0.258 e. The Morgan fingerprint density at radius 1 is 1.36 bits per heavy atom. The standard InChI is InChI=1S/C18H21N5O2/c1-11-8-19-22(9-11)10-14-5-4-6-23(14)18(24)15-7-12(2)20-17-16(15)13(3)21-25-17/h7-9,14H,4-6,10H2,1-3H3. The maximum atomic E-state index is 13.3. The topological polar surface area (TPSA) is 77.0 Å². The van der Waals surface area contributed by atoms with Gasteiger partial charge in [0.05, 0.1) is 35.4 Å². The summed E-state index contributed by atoms with van der Waals surface area (Å²) in [5, 5.41) is 9.05. The van der Waals surface area contributed by atoms with Gasteiger partial charge in [-0.25, -0.2) is 4.98 Å². The van der Waals surface area contributed by atoms with Gasteiger partial charge >= 0.3 is 0 Å². The quantitative estimate of drug-likeness (QED) is 0.733. The van der Waals surface area contributed by atoms with Crippen LogP contribution in [0.3, 0.4) is 0 Å². The fourth-order valence-electron chi connectivity index (χ4n) is 3.62. The van der Waals surface area contributed by atoms with Crippen LogP contribution in [-0.4, -0.2) is 43.3 Å². The summed E-state index contributed by atoms with van der Waals surface area (Å²) in [5.41, 5.74) is 3.64. The van der Waals surface area contributed by atoms with E-state index in [2.05, 4.69) is 15.2 Å². The van der Waals surface area contributed by atoms with E-state index in [1.54, 1.807) is 0 Å². The first-order valence-corrected chi connectivity index (χ1v) is 8.56. The molecule has 1 aliphatic rings. The van der Waals surface area contributed by atoms with Crippen molar-refractivity contribution in [2.45, 2.75) is 46.2 Å². The lowest BCUT2D eigenvalue weighted by Crippen LogP contribution is -2.38. The molecule has 1 amide bonds. The molecular formula is C18H21N5O2. The van der Waals surface area contributed by atoms with Crippen LogP contribution in [0, 0.1) is 20.8 Å². The third-order valence-electron chi connectivity index (χ3n) is 4.77. The lowest BCUT2D eigenvalue weighted by molar-refractivity contribution is 0.0723. The first-order chi connectivity index (χ1) is 12.0. The first kappa shape index (κ1) is 15.8. The minimum atomic E-state index is 0.0215. The Bertz CT molecular complexity index is 942. The Hall–Kier alpha value is -2.70. The SMILES string of the molecule is Cc1cnn(CC2CCCN2C(=O)c2cc(C)nc3onc(C)c23)c1. The van der Waals surface area contributed by atoms with E-state index in [9.17, 15) is 4.79 Å². The second-order valence-corrected chi connectivity index (χ2v) is 6.79. The molecule has 3 aromatic rings. The Labute approximate surface area is 145 Å². The fourth-order valence-corrected chi connectivity index (χ4v) is 3.62. The highest BCUT2D eigenvalue weighted by Crippen LogP contribution is 2.27. The number of carbonyl (C=O) groups is 1. The molecule has 0 saturated carbocycles. The van der Waals surface area contributed by atoms with E-state index < -0.39 is 0 Å². The third-order valence-corrected chi connectivity index (χ3v) is 4.77. The molecule has 0 aliphatic carbocycles. The Morgan fingerprint density at radius 2 is 2.20 bits per heavy atom. The fraction of sp³-hybridized carbons (Fsp3) is 0.444. The molecule has 3 aromatic heterocycles. The van der Waals surface area contributed by atoms with E-state index in [0.29, 0.717) is 17.0 Å². The van der Waals surface area contributed by atoms with Crippen LogP contribution in [0.15, 0.2) is 23.0 Å². The van der Waals surface area contributed by atoms with Gasteiger partial charge in [-0.1, -0.05) is 5.16 Å². The van der Waals surface area contributed by atoms with E-state index in [1.165, 1.54) is 0 Å². The van der Waals surface area contributed by atoms with Crippen molar-refractivity contribution < 1.29 is 9.32 Å². The largest absolute Gasteiger partial charge is 0.336 e. The number of aryl methyl sites for hydroxylation is 3. The molecule has 1 aliphatic heterocycles. The molecule has 7 nitrogen and oxygen atoms in total. The van der Waals surface area contributed by atoms with Gasteiger partial charge in [0.15, 0.2) is 0 Å². The normalized spacial score (nSPS) is 17.6. The van der Waals surface area contributed by atoms with E-state index in [-0.39, 0.29) is 11.9 Å². The van der Waals surface area contributed by atoms with Crippen molar-refractivity contribution >= 4 is 17.0 Å². The molecule has 130 valence electrons. The van der Waals surface area contributed by atoms with E-state index in [1.807, 2.05) is 48.8 Å². The van der Waals surface area contributed by atoms with Crippen LogP contribution in [0.4, 0.5) is 0 Å². The summed E-state index contributed by atoms with van der Waals surface area (Å²) in [6, 6.07) is 1.98. The molecule has 1 atom stereocenters. The van der Waals surface area contributed by atoms with Crippen LogP contribution in [0.5, 0.6) is 0 Å². The number of hydrogen-bond acceptors (Lipinski definition) is 5. The van der Waals surface area contributed by atoms with Gasteiger partial charge in [-0.3, -0.25) is 9.48 Å². The van der Waals surface area contributed by atoms with E-state index in [0.717, 1.165) is 42.6 Å². The number of rotatable bonds is 3. The average molecular weight is 339 g/mol. The second kappa shape index (κ2) is 5.98. The van der Waals surface area contributed by atoms with Crippen molar-refractivity contribution in [2.24, 2.45) is 0 Å². The predicted molar refractivity (Wildman–Crippen MR) is 92.3 cm³/mol. The van der Waals surface area contributed by atoms with Crippen LogP contribution in [0.25, 0.3) is 11.1 Å². The molecule has 1 unspecified atom stereocenters. The van der Waals surface area contributed by atoms with Gasteiger partial charge in [0.2, 0.25) is 0 Å². The molecule has 0 N–H and O–H groups in total.